The van der Waals surface area contributed by atoms with Crippen molar-refractivity contribution in [3.8, 4) is 23.0 Å². The third-order valence-corrected chi connectivity index (χ3v) is 16.3. The van der Waals surface area contributed by atoms with Crippen molar-refractivity contribution in [2.75, 3.05) is 52.6 Å². The number of urea groups is 4. The Hall–Kier alpha value is -6.84. The average Bonchev–Trinajstić information content (AvgIpc) is 0.769. The number of hydrogen-bond donors (Lipinski definition) is 8. The van der Waals surface area contributed by atoms with Crippen LogP contribution in [-0.2, 0) is 47.3 Å². The summed E-state index contributed by atoms with van der Waals surface area (Å²) >= 11 is 0. The SMILES string of the molecule is CC(C)(C)NC(=O)NCCCCOc1c2cc(C(C)(C)C)cc1Cc1cc(C(C)(C)C)cc(c1OCCCCNC(=O)NC(C)(C)C)Cc1cc(C(C)(C)C)cc(c1OCCCCNC(=O)NC(C)(C)C)Cc1cc(C(C)(C)C)cc(c1OCCCCNC(=O)NC(C)(C)C)C2. The van der Waals surface area contributed by atoms with Crippen LogP contribution in [0.3, 0.4) is 0 Å². The standard InChI is InChI=1S/C80H128N8O8/c1-73(2,3)61-45-53-41-55-47-62(74(4,5)6)49-57(66(55)94-38-30-26-34-82-70(90)86-78(16,17)18)43-59-51-64(76(10,11)12)52-60(68(59)96-40-32-28-36-84-72(92)88-80(22,23)24)44-58-50-63(75(7,8)9)48-56(67(58)95-39-31-27-35-83-71(91)87-79(19,20)21)42-54(46-61)65(53)93-37-29-25-33-81-69(89)85-77(13,14)15/h45-52H,25-44H2,1-24H3,(H2,81,85,89)(H2,82,86,90)(H2,83,87,91)(H2,84,88,92). The molecule has 1 aliphatic carbocycles. The molecule has 0 saturated carbocycles. The van der Waals surface area contributed by atoms with Crippen LogP contribution in [0.15, 0.2) is 48.5 Å². The maximum absolute atomic E-state index is 12.9. The molecule has 8 amide bonds. The summed E-state index contributed by atoms with van der Waals surface area (Å²) in [6, 6.07) is 18.0. The van der Waals surface area contributed by atoms with Gasteiger partial charge in [-0.25, -0.2) is 19.2 Å². The molecule has 5 rings (SSSR count). The molecule has 0 radical (unpaired) electrons. The van der Waals surface area contributed by atoms with Crippen LogP contribution in [0.5, 0.6) is 23.0 Å². The van der Waals surface area contributed by atoms with Gasteiger partial charge in [-0.05, 0) is 223 Å². The Kier molecular flexibility index (Phi) is 28.0. The summed E-state index contributed by atoms with van der Waals surface area (Å²) in [5, 5.41) is 24.3. The first-order valence-corrected chi connectivity index (χ1v) is 35.6. The molecule has 0 saturated heterocycles. The second-order valence-corrected chi connectivity index (χ2v) is 34.9. The number of fused-ring (bicyclic) bond motifs is 8. The van der Waals surface area contributed by atoms with Gasteiger partial charge in [0.1, 0.15) is 23.0 Å². The van der Waals surface area contributed by atoms with Gasteiger partial charge in [0.15, 0.2) is 0 Å². The molecule has 96 heavy (non-hydrogen) atoms. The lowest BCUT2D eigenvalue weighted by atomic mass is 9.79. The van der Waals surface area contributed by atoms with Crippen molar-refractivity contribution in [2.24, 2.45) is 0 Å². The molecule has 8 bridgehead atoms. The fraction of sp³-hybridized carbons (Fsp3) is 0.650. The van der Waals surface area contributed by atoms with Gasteiger partial charge in [0, 0.05) is 74.0 Å². The van der Waals surface area contributed by atoms with Crippen LogP contribution in [0.2, 0.25) is 0 Å². The van der Waals surface area contributed by atoms with Gasteiger partial charge in [-0.15, -0.1) is 0 Å². The highest BCUT2D eigenvalue weighted by Gasteiger charge is 2.30. The van der Waals surface area contributed by atoms with Crippen LogP contribution in [-0.4, -0.2) is 98.9 Å². The monoisotopic (exact) mass is 1330 g/mol. The van der Waals surface area contributed by atoms with Crippen molar-refractivity contribution < 1.29 is 38.1 Å². The summed E-state index contributed by atoms with van der Waals surface area (Å²) in [6.07, 6.45) is 7.68. The van der Waals surface area contributed by atoms with E-state index in [2.05, 4.69) is 174 Å². The number of amides is 8. The number of ether oxygens (including phenoxy) is 4. The number of carbonyl (C=O) groups is 4. The molecule has 4 aromatic rings. The molecule has 0 heterocycles. The van der Waals surface area contributed by atoms with Gasteiger partial charge in [0.05, 0.1) is 26.4 Å². The van der Waals surface area contributed by atoms with Crippen molar-refractivity contribution in [3.63, 3.8) is 0 Å². The summed E-state index contributed by atoms with van der Waals surface area (Å²) in [5.74, 6) is 3.32. The minimum absolute atomic E-state index is 0.190. The molecular weight excluding hydrogens is 1200 g/mol. The van der Waals surface area contributed by atoms with E-state index < -0.39 is 0 Å². The Balaban J connectivity index is 1.83. The van der Waals surface area contributed by atoms with Gasteiger partial charge >= 0.3 is 24.1 Å². The molecule has 1 aliphatic rings. The van der Waals surface area contributed by atoms with Crippen LogP contribution in [0, 0.1) is 0 Å². The highest BCUT2D eigenvalue weighted by Crippen LogP contribution is 2.45. The summed E-state index contributed by atoms with van der Waals surface area (Å²) in [5.41, 5.74) is 10.7. The molecule has 0 aromatic heterocycles. The van der Waals surface area contributed by atoms with E-state index in [0.29, 0.717) is 104 Å². The molecule has 0 unspecified atom stereocenters. The van der Waals surface area contributed by atoms with Crippen LogP contribution in [0.25, 0.3) is 0 Å². The Morgan fingerprint density at radius 3 is 0.562 bits per heavy atom. The van der Waals surface area contributed by atoms with Crippen LogP contribution >= 0.6 is 0 Å². The lowest BCUT2D eigenvalue weighted by Crippen LogP contribution is -2.46. The molecular formula is C80H128N8O8. The fourth-order valence-corrected chi connectivity index (χ4v) is 11.3. The number of nitrogens with one attached hydrogen (secondary N) is 8. The zero-order valence-corrected chi connectivity index (χ0v) is 64.0. The summed E-state index contributed by atoms with van der Waals surface area (Å²) in [6.45, 7) is 54.7. The van der Waals surface area contributed by atoms with Crippen molar-refractivity contribution in [1.29, 1.82) is 0 Å². The quantitative estimate of drug-likeness (QED) is 0.0279. The third kappa shape index (κ3) is 27.6. The molecule has 0 fully saturated rings. The third-order valence-electron chi connectivity index (χ3n) is 16.3. The second-order valence-electron chi connectivity index (χ2n) is 34.9. The maximum atomic E-state index is 12.9. The second kappa shape index (κ2) is 33.6. The van der Waals surface area contributed by atoms with E-state index in [1.165, 1.54) is 22.3 Å². The van der Waals surface area contributed by atoms with Gasteiger partial charge in [-0.1, -0.05) is 132 Å². The molecule has 16 heteroatoms. The average molecular weight is 1330 g/mol. The number of unbranched alkanes of at least 4 members (excludes halogenated alkanes) is 4. The minimum atomic E-state index is -0.359. The van der Waals surface area contributed by atoms with Crippen molar-refractivity contribution in [2.45, 2.75) is 287 Å². The predicted molar refractivity (Wildman–Crippen MR) is 396 cm³/mol. The molecule has 8 N–H and O–H groups in total. The smallest absolute Gasteiger partial charge is 0.315 e. The lowest BCUT2D eigenvalue weighted by molar-refractivity contribution is 0.230. The lowest BCUT2D eigenvalue weighted by Gasteiger charge is -2.29. The molecule has 536 valence electrons. The Morgan fingerprint density at radius 2 is 0.427 bits per heavy atom. The topological polar surface area (TPSA) is 201 Å². The summed E-state index contributed by atoms with van der Waals surface area (Å²) in [7, 11) is 0. The van der Waals surface area contributed by atoms with Crippen LogP contribution in [0.4, 0.5) is 19.2 Å². The Bertz CT molecular complexity index is 2720. The van der Waals surface area contributed by atoms with Crippen molar-refractivity contribution in [1.82, 2.24) is 42.5 Å². The number of carbonyl (C=O) groups excluding carboxylic acids is 4. The predicted octanol–water partition coefficient (Wildman–Crippen LogP) is 16.6. The molecule has 0 spiro atoms. The van der Waals surface area contributed by atoms with Gasteiger partial charge in [-0.3, -0.25) is 0 Å². The minimum Gasteiger partial charge on any atom is -0.493 e. The first-order valence-electron chi connectivity index (χ1n) is 35.6. The zero-order chi connectivity index (χ0) is 71.8. The van der Waals surface area contributed by atoms with E-state index in [-0.39, 0.29) is 67.9 Å². The van der Waals surface area contributed by atoms with Gasteiger partial charge < -0.3 is 61.5 Å². The first kappa shape index (κ1) is 79.8. The Morgan fingerprint density at radius 1 is 0.271 bits per heavy atom. The van der Waals surface area contributed by atoms with E-state index in [9.17, 15) is 19.2 Å². The summed E-state index contributed by atoms with van der Waals surface area (Å²) < 4.78 is 29.2. The molecule has 16 nitrogen and oxygen atoms in total. The highest BCUT2D eigenvalue weighted by atomic mass is 16.5. The largest absolute Gasteiger partial charge is 0.493 e. The van der Waals surface area contributed by atoms with Crippen molar-refractivity contribution in [3.05, 3.63) is 115 Å². The zero-order valence-electron chi connectivity index (χ0n) is 64.0. The van der Waals surface area contributed by atoms with E-state index in [1.807, 2.05) is 83.1 Å². The number of benzene rings is 4. The molecule has 0 atom stereocenters. The van der Waals surface area contributed by atoms with Gasteiger partial charge in [-0.2, -0.15) is 0 Å². The first-order chi connectivity index (χ1) is 44.2. The number of rotatable bonds is 24. The fourth-order valence-electron chi connectivity index (χ4n) is 11.3. The van der Waals surface area contributed by atoms with E-state index in [0.717, 1.165) is 93.2 Å². The van der Waals surface area contributed by atoms with Crippen LogP contribution < -0.4 is 61.5 Å². The van der Waals surface area contributed by atoms with Crippen molar-refractivity contribution >= 4 is 24.1 Å². The Labute approximate surface area is 580 Å². The molecule has 0 aliphatic heterocycles. The van der Waals surface area contributed by atoms with E-state index in [1.54, 1.807) is 0 Å². The van der Waals surface area contributed by atoms with Crippen LogP contribution in [0.1, 0.15) is 284 Å². The number of hydrogen-bond acceptors (Lipinski definition) is 8. The van der Waals surface area contributed by atoms with Gasteiger partial charge in [0.25, 0.3) is 0 Å². The summed E-state index contributed by atoms with van der Waals surface area (Å²) in [4.78, 5) is 51.5. The molecule has 4 aromatic carbocycles. The normalized spacial score (nSPS) is 13.2. The van der Waals surface area contributed by atoms with E-state index >= 15 is 0 Å². The maximum Gasteiger partial charge on any atom is 0.315 e. The highest BCUT2D eigenvalue weighted by molar-refractivity contribution is 5.76. The van der Waals surface area contributed by atoms with Gasteiger partial charge in [0.2, 0.25) is 0 Å². The van der Waals surface area contributed by atoms with E-state index in [4.69, 9.17) is 18.9 Å².